The molecule has 8 nitrogen and oxygen atoms in total. The Morgan fingerprint density at radius 1 is 1.09 bits per heavy atom. The quantitative estimate of drug-likeness (QED) is 0.508. The highest BCUT2D eigenvalue weighted by Crippen LogP contribution is 2.45. The van der Waals surface area contributed by atoms with Crippen LogP contribution in [-0.2, 0) is 19.1 Å². The van der Waals surface area contributed by atoms with E-state index >= 15 is 0 Å². The minimum absolute atomic E-state index is 0.0325. The topological polar surface area (TPSA) is 113 Å². The number of benzene rings is 2. The number of nitrogens with zero attached hydrogens (tertiary/aromatic N) is 2. The molecule has 172 valence electrons. The Hall–Kier alpha value is -3.49. The van der Waals surface area contributed by atoms with Crippen LogP contribution in [0.2, 0.25) is 10.0 Å². The van der Waals surface area contributed by atoms with Gasteiger partial charge >= 0.3 is 5.97 Å². The first-order chi connectivity index (χ1) is 16.3. The van der Waals surface area contributed by atoms with E-state index in [0.29, 0.717) is 5.02 Å². The zero-order chi connectivity index (χ0) is 24.3. The highest BCUT2D eigenvalue weighted by molar-refractivity contribution is 6.44. The number of aliphatic imine (C=N–C) groups is 1. The van der Waals surface area contributed by atoms with Gasteiger partial charge in [-0.25, -0.2) is 9.69 Å². The standard InChI is InChI=1S/C24H16Cl2N2O6/c1-2-34-24(33)19-16-15(22(31)28(23(16)32)14-8-7-10(25)9-13(14)26)18(27-19)17-20(29)11-5-3-4-6-12(11)21(17)30/h3-9,15-16,19,29H,2H2,1H3/t15-,16-,19+/m0/s1. The predicted molar refractivity (Wildman–Crippen MR) is 124 cm³/mol. The number of halogens is 2. The summed E-state index contributed by atoms with van der Waals surface area (Å²) in [4.78, 5) is 58.1. The molecule has 1 N–H and O–H groups in total. The minimum atomic E-state index is -1.36. The van der Waals surface area contributed by atoms with Gasteiger partial charge in [-0.05, 0) is 25.1 Å². The van der Waals surface area contributed by atoms with Crippen LogP contribution in [0.25, 0.3) is 5.76 Å². The van der Waals surface area contributed by atoms with Crippen molar-refractivity contribution in [2.24, 2.45) is 16.8 Å². The molecule has 0 spiro atoms. The van der Waals surface area contributed by atoms with Crippen molar-refractivity contribution >= 4 is 63.9 Å². The number of allylic oxidation sites excluding steroid dienone is 1. The molecule has 0 radical (unpaired) electrons. The van der Waals surface area contributed by atoms with Crippen molar-refractivity contribution < 1.29 is 29.0 Å². The lowest BCUT2D eigenvalue weighted by Crippen LogP contribution is -2.36. The van der Waals surface area contributed by atoms with Crippen molar-refractivity contribution in [1.29, 1.82) is 0 Å². The fourth-order valence-electron chi connectivity index (χ4n) is 4.66. The first-order valence-electron chi connectivity index (χ1n) is 10.4. The van der Waals surface area contributed by atoms with Crippen LogP contribution >= 0.6 is 23.2 Å². The Morgan fingerprint density at radius 2 is 1.79 bits per heavy atom. The van der Waals surface area contributed by atoms with Gasteiger partial charge in [0.15, 0.2) is 11.8 Å². The highest BCUT2D eigenvalue weighted by Gasteiger charge is 2.61. The van der Waals surface area contributed by atoms with Gasteiger partial charge in [-0.3, -0.25) is 19.4 Å². The van der Waals surface area contributed by atoms with Crippen molar-refractivity contribution in [2.75, 3.05) is 11.5 Å². The molecule has 5 rings (SSSR count). The third-order valence-corrected chi connectivity index (χ3v) is 6.63. The summed E-state index contributed by atoms with van der Waals surface area (Å²) in [5, 5.41) is 11.2. The number of hydrogen-bond acceptors (Lipinski definition) is 7. The number of ketones is 1. The number of esters is 1. The summed E-state index contributed by atoms with van der Waals surface area (Å²) in [5.41, 5.74) is 0.302. The molecule has 10 heteroatoms. The van der Waals surface area contributed by atoms with E-state index in [1.54, 1.807) is 25.1 Å². The molecule has 1 saturated heterocycles. The number of ether oxygens (including phenoxy) is 1. The maximum Gasteiger partial charge on any atom is 0.331 e. The van der Waals surface area contributed by atoms with Crippen molar-refractivity contribution in [3.63, 3.8) is 0 Å². The highest BCUT2D eigenvalue weighted by atomic mass is 35.5. The Morgan fingerprint density at radius 3 is 2.44 bits per heavy atom. The number of Topliss-reactive ketones (excluding diaryl/α,β-unsaturated/α-hetero) is 1. The van der Waals surface area contributed by atoms with E-state index in [9.17, 15) is 24.3 Å². The van der Waals surface area contributed by atoms with Crippen LogP contribution in [0.15, 0.2) is 53.0 Å². The molecule has 2 aromatic carbocycles. The van der Waals surface area contributed by atoms with Crippen molar-refractivity contribution in [3.05, 3.63) is 69.2 Å². The molecule has 3 atom stereocenters. The number of anilines is 1. The van der Waals surface area contributed by atoms with Gasteiger partial charge in [0.2, 0.25) is 11.8 Å². The summed E-state index contributed by atoms with van der Waals surface area (Å²) >= 11 is 12.2. The van der Waals surface area contributed by atoms with E-state index in [-0.39, 0.29) is 45.5 Å². The molecule has 3 aliphatic rings. The monoisotopic (exact) mass is 498 g/mol. The van der Waals surface area contributed by atoms with Gasteiger partial charge in [0.1, 0.15) is 5.76 Å². The van der Waals surface area contributed by atoms with E-state index < -0.39 is 41.4 Å². The number of hydrogen-bond donors (Lipinski definition) is 1. The average Bonchev–Trinajstić information content (AvgIpc) is 3.39. The van der Waals surface area contributed by atoms with E-state index in [2.05, 4.69) is 4.99 Å². The van der Waals surface area contributed by atoms with Crippen LogP contribution in [-0.4, -0.2) is 47.0 Å². The summed E-state index contributed by atoms with van der Waals surface area (Å²) in [6, 6.07) is 9.32. The molecule has 0 unspecified atom stereocenters. The molecular formula is C24H16Cl2N2O6. The molecular weight excluding hydrogens is 483 g/mol. The molecule has 0 saturated carbocycles. The van der Waals surface area contributed by atoms with E-state index in [0.717, 1.165) is 4.90 Å². The summed E-state index contributed by atoms with van der Waals surface area (Å²) in [7, 11) is 0. The zero-order valence-electron chi connectivity index (χ0n) is 17.6. The summed E-state index contributed by atoms with van der Waals surface area (Å²) in [5.74, 6) is -5.65. The number of amides is 2. The molecule has 0 bridgehead atoms. The van der Waals surface area contributed by atoms with Gasteiger partial charge in [0.25, 0.3) is 0 Å². The van der Waals surface area contributed by atoms with E-state index in [1.165, 1.54) is 24.3 Å². The Kier molecular flexibility index (Phi) is 5.30. The molecule has 1 aliphatic carbocycles. The second-order valence-electron chi connectivity index (χ2n) is 7.92. The summed E-state index contributed by atoms with van der Waals surface area (Å²) < 4.78 is 5.09. The van der Waals surface area contributed by atoms with Crippen LogP contribution < -0.4 is 4.90 Å². The number of aliphatic hydroxyl groups excluding tert-OH is 1. The van der Waals surface area contributed by atoms with Gasteiger partial charge in [-0.1, -0.05) is 47.5 Å². The second-order valence-corrected chi connectivity index (χ2v) is 8.76. The molecule has 1 fully saturated rings. The molecule has 2 heterocycles. The Labute approximate surface area is 203 Å². The van der Waals surface area contributed by atoms with Gasteiger partial charge in [-0.15, -0.1) is 0 Å². The fourth-order valence-corrected chi connectivity index (χ4v) is 5.15. The predicted octanol–water partition coefficient (Wildman–Crippen LogP) is 3.65. The number of carbonyl (C=O) groups excluding carboxylic acids is 4. The molecule has 2 aliphatic heterocycles. The van der Waals surface area contributed by atoms with Crippen molar-refractivity contribution in [2.45, 2.75) is 13.0 Å². The SMILES string of the molecule is CCOC(=O)[C@@H]1N=C(C2=C(O)c3ccccc3C2=O)[C@H]2C(=O)N(c3ccc(Cl)cc3Cl)C(=O)[C@@H]21. The van der Waals surface area contributed by atoms with Crippen molar-refractivity contribution in [3.8, 4) is 0 Å². The van der Waals surface area contributed by atoms with E-state index in [4.69, 9.17) is 27.9 Å². The van der Waals surface area contributed by atoms with Gasteiger partial charge in [-0.2, -0.15) is 0 Å². The van der Waals surface area contributed by atoms with Gasteiger partial charge < -0.3 is 9.84 Å². The lowest BCUT2D eigenvalue weighted by molar-refractivity contribution is -0.147. The first-order valence-corrected chi connectivity index (χ1v) is 11.2. The van der Waals surface area contributed by atoms with Crippen molar-refractivity contribution in [1.82, 2.24) is 0 Å². The van der Waals surface area contributed by atoms with Gasteiger partial charge in [0.05, 0.1) is 40.4 Å². The number of imide groups is 1. The van der Waals surface area contributed by atoms with Gasteiger partial charge in [0, 0.05) is 16.1 Å². The maximum absolute atomic E-state index is 13.6. The molecule has 34 heavy (non-hydrogen) atoms. The molecule has 2 amide bonds. The fraction of sp³-hybridized carbons (Fsp3) is 0.208. The number of aliphatic hydroxyl groups is 1. The van der Waals surface area contributed by atoms with Crippen LogP contribution in [0.5, 0.6) is 0 Å². The number of fused-ring (bicyclic) bond motifs is 2. The maximum atomic E-state index is 13.6. The Balaban J connectivity index is 1.64. The third kappa shape index (κ3) is 3.09. The van der Waals surface area contributed by atoms with E-state index in [1.807, 2.05) is 0 Å². The van der Waals surface area contributed by atoms with Crippen LogP contribution in [0.3, 0.4) is 0 Å². The zero-order valence-corrected chi connectivity index (χ0v) is 19.1. The third-order valence-electron chi connectivity index (χ3n) is 6.09. The summed E-state index contributed by atoms with van der Waals surface area (Å²) in [6.07, 6.45) is 0. The van der Waals surface area contributed by atoms with Crippen LogP contribution in [0.4, 0.5) is 5.69 Å². The minimum Gasteiger partial charge on any atom is -0.506 e. The van der Waals surface area contributed by atoms with Crippen LogP contribution in [0, 0.1) is 11.8 Å². The van der Waals surface area contributed by atoms with Crippen LogP contribution in [0.1, 0.15) is 22.8 Å². The number of carbonyl (C=O) groups is 4. The first kappa shape index (κ1) is 22.3. The largest absolute Gasteiger partial charge is 0.506 e. The lowest BCUT2D eigenvalue weighted by Gasteiger charge is -2.19. The number of rotatable bonds is 4. The lowest BCUT2D eigenvalue weighted by atomic mass is 9.85. The normalized spacial score (nSPS) is 23.4. The Bertz CT molecular complexity index is 1360. The average molecular weight is 499 g/mol. The molecule has 0 aromatic heterocycles. The summed E-state index contributed by atoms with van der Waals surface area (Å²) in [6.45, 7) is 1.63. The molecule has 2 aromatic rings. The smallest absolute Gasteiger partial charge is 0.331 e. The second kappa shape index (κ2) is 8.07.